The largest absolute Gasteiger partial charge is 0.497 e. The average molecular weight is 577 g/mol. The minimum atomic E-state index is -3.86. The Morgan fingerprint density at radius 3 is 2.62 bits per heavy atom. The minimum Gasteiger partial charge on any atom is -0.497 e. The van der Waals surface area contributed by atoms with Crippen molar-refractivity contribution in [1.82, 2.24) is 9.62 Å². The maximum Gasteiger partial charge on any atom is 0.286 e. The predicted octanol–water partition coefficient (Wildman–Crippen LogP) is 3.48. The molecule has 39 heavy (non-hydrogen) atoms. The molecule has 1 aromatic heterocycles. The zero-order valence-electron chi connectivity index (χ0n) is 22.0. The molecule has 5 atom stereocenters. The van der Waals surface area contributed by atoms with Gasteiger partial charge in [0.2, 0.25) is 16.3 Å². The monoisotopic (exact) mass is 576 g/mol. The highest BCUT2D eigenvalue weighted by Gasteiger charge is 2.41. The number of nitrogens with one attached hydrogen (secondary N) is 1. The molecule has 2 heterocycles. The third-order valence-electron chi connectivity index (χ3n) is 7.94. The van der Waals surface area contributed by atoms with Gasteiger partial charge in [-0.3, -0.25) is 4.79 Å². The van der Waals surface area contributed by atoms with E-state index in [9.17, 15) is 18.3 Å². The van der Waals surface area contributed by atoms with Crippen molar-refractivity contribution in [2.45, 2.75) is 55.2 Å². The number of allylic oxidation sites excluding steroid dienone is 1. The van der Waals surface area contributed by atoms with Crippen LogP contribution < -0.4 is 10.1 Å². The lowest BCUT2D eigenvalue weighted by Crippen LogP contribution is -2.41. The number of methoxy groups -OCH3 is 1. The zero-order chi connectivity index (χ0) is 27.4. The van der Waals surface area contributed by atoms with Crippen LogP contribution >= 0.6 is 11.3 Å². The number of carbonyl (C=O) groups is 1. The summed E-state index contributed by atoms with van der Waals surface area (Å²) in [5.74, 6) is 1.81. The molecule has 2 fully saturated rings. The van der Waals surface area contributed by atoms with E-state index in [2.05, 4.69) is 5.32 Å². The molecule has 212 valence electrons. The molecule has 3 aliphatic rings. The SMILES string of the molecule is COc1ccc(S(=O)(=O)N(CCO)CCO[C@H]2C[C@@H](c3cccs3)C=C(C(=O)NC3CC4CCC3C4)O2)cc1. The molecule has 11 heteroatoms. The van der Waals surface area contributed by atoms with Crippen LogP contribution in [0.1, 0.15) is 42.9 Å². The first-order valence-electron chi connectivity index (χ1n) is 13.5. The van der Waals surface area contributed by atoms with Crippen molar-refractivity contribution in [1.29, 1.82) is 0 Å². The summed E-state index contributed by atoms with van der Waals surface area (Å²) in [6.07, 6.45) is 6.33. The lowest BCUT2D eigenvalue weighted by atomic mass is 9.95. The van der Waals surface area contributed by atoms with E-state index in [0.717, 1.165) is 11.3 Å². The fourth-order valence-corrected chi connectivity index (χ4v) is 8.15. The number of fused-ring (bicyclic) bond motifs is 2. The number of hydrogen-bond donors (Lipinski definition) is 2. The van der Waals surface area contributed by atoms with Crippen LogP contribution in [-0.4, -0.2) is 69.5 Å². The van der Waals surface area contributed by atoms with Crippen molar-refractivity contribution in [2.75, 3.05) is 33.4 Å². The Hall–Kier alpha value is -2.44. The topological polar surface area (TPSA) is 114 Å². The van der Waals surface area contributed by atoms with E-state index in [0.29, 0.717) is 24.0 Å². The summed E-state index contributed by atoms with van der Waals surface area (Å²) in [6.45, 7) is -0.336. The quantitative estimate of drug-likeness (QED) is 0.398. The number of amides is 1. The first-order valence-corrected chi connectivity index (χ1v) is 15.8. The molecule has 3 unspecified atom stereocenters. The van der Waals surface area contributed by atoms with Crippen LogP contribution in [0, 0.1) is 11.8 Å². The first-order chi connectivity index (χ1) is 18.9. The number of benzene rings is 1. The first kappa shape index (κ1) is 28.1. The van der Waals surface area contributed by atoms with E-state index in [1.54, 1.807) is 23.5 Å². The molecule has 2 aromatic rings. The Morgan fingerprint density at radius 1 is 1.15 bits per heavy atom. The molecule has 0 saturated heterocycles. The number of aliphatic hydroxyl groups excluding tert-OH is 1. The van der Waals surface area contributed by atoms with Crippen LogP contribution in [0.15, 0.2) is 58.5 Å². The summed E-state index contributed by atoms with van der Waals surface area (Å²) in [6, 6.07) is 10.3. The molecule has 2 bridgehead atoms. The van der Waals surface area contributed by atoms with Crippen LogP contribution in [0.5, 0.6) is 5.75 Å². The van der Waals surface area contributed by atoms with Gasteiger partial charge in [-0.1, -0.05) is 12.5 Å². The molecular formula is C28H36N2O7S2. The van der Waals surface area contributed by atoms with Gasteiger partial charge in [0.15, 0.2) is 5.76 Å². The lowest BCUT2D eigenvalue weighted by Gasteiger charge is -2.31. The molecule has 2 aliphatic carbocycles. The van der Waals surface area contributed by atoms with Gasteiger partial charge in [-0.25, -0.2) is 8.42 Å². The van der Waals surface area contributed by atoms with Gasteiger partial charge in [-0.15, -0.1) is 11.3 Å². The van der Waals surface area contributed by atoms with E-state index < -0.39 is 16.3 Å². The summed E-state index contributed by atoms with van der Waals surface area (Å²) in [4.78, 5) is 14.4. The fourth-order valence-electron chi connectivity index (χ4n) is 5.93. The number of nitrogens with zero attached hydrogens (tertiary/aromatic N) is 1. The summed E-state index contributed by atoms with van der Waals surface area (Å²) < 4.78 is 44.7. The Kier molecular flexibility index (Phi) is 8.92. The summed E-state index contributed by atoms with van der Waals surface area (Å²) >= 11 is 1.62. The third kappa shape index (κ3) is 6.49. The lowest BCUT2D eigenvalue weighted by molar-refractivity contribution is -0.147. The zero-order valence-corrected chi connectivity index (χ0v) is 23.7. The number of sulfonamides is 1. The highest BCUT2D eigenvalue weighted by molar-refractivity contribution is 7.89. The van der Waals surface area contributed by atoms with Crippen molar-refractivity contribution in [3.63, 3.8) is 0 Å². The van der Waals surface area contributed by atoms with Crippen LogP contribution in [0.25, 0.3) is 0 Å². The van der Waals surface area contributed by atoms with Gasteiger partial charge in [-0.05, 0) is 72.9 Å². The predicted molar refractivity (Wildman–Crippen MR) is 147 cm³/mol. The highest BCUT2D eigenvalue weighted by atomic mass is 32.2. The molecule has 2 N–H and O–H groups in total. The molecule has 0 radical (unpaired) electrons. The molecule has 0 spiro atoms. The van der Waals surface area contributed by atoms with Crippen molar-refractivity contribution in [3.05, 3.63) is 58.5 Å². The minimum absolute atomic E-state index is 0.0227. The Bertz CT molecular complexity index is 1250. The summed E-state index contributed by atoms with van der Waals surface area (Å²) in [7, 11) is -2.34. The van der Waals surface area contributed by atoms with E-state index in [-0.39, 0.29) is 54.8 Å². The number of thiophene rings is 1. The van der Waals surface area contributed by atoms with Crippen molar-refractivity contribution in [3.8, 4) is 5.75 Å². The Morgan fingerprint density at radius 2 is 1.97 bits per heavy atom. The van der Waals surface area contributed by atoms with E-state index in [1.165, 1.54) is 42.8 Å². The number of ether oxygens (including phenoxy) is 3. The molecule has 1 amide bonds. The normalized spacial score (nSPS) is 26.3. The van der Waals surface area contributed by atoms with Gasteiger partial charge < -0.3 is 24.6 Å². The summed E-state index contributed by atoms with van der Waals surface area (Å²) in [5, 5.41) is 14.7. The Balaban J connectivity index is 1.23. The van der Waals surface area contributed by atoms with E-state index >= 15 is 0 Å². The maximum absolute atomic E-state index is 13.2. The second-order valence-electron chi connectivity index (χ2n) is 10.4. The number of aliphatic hydroxyl groups is 1. The van der Waals surface area contributed by atoms with Crippen molar-refractivity contribution >= 4 is 27.3 Å². The van der Waals surface area contributed by atoms with E-state index in [1.807, 2.05) is 23.6 Å². The van der Waals surface area contributed by atoms with Gasteiger partial charge in [-0.2, -0.15) is 4.31 Å². The van der Waals surface area contributed by atoms with Crippen molar-refractivity contribution in [2.24, 2.45) is 11.8 Å². The number of hydrogen-bond acceptors (Lipinski definition) is 8. The van der Waals surface area contributed by atoms with Gasteiger partial charge in [0.05, 0.1) is 25.2 Å². The standard InChI is InChI=1S/C28H36N2O7S2/c1-35-22-6-8-23(9-7-22)39(33,34)30(10-12-31)11-13-36-27-18-21(26-3-2-14-38-26)17-25(37-27)28(32)29-24-16-19-4-5-20(24)15-19/h2-3,6-9,14,17,19-21,24,27,31H,4-5,10-13,15-16,18H2,1H3,(H,29,32)/t19?,20?,21-,24?,27+/m0/s1. The van der Waals surface area contributed by atoms with E-state index in [4.69, 9.17) is 14.2 Å². The second-order valence-corrected chi connectivity index (χ2v) is 13.3. The van der Waals surface area contributed by atoms with Gasteiger partial charge in [0.25, 0.3) is 5.91 Å². The molecule has 1 aromatic carbocycles. The second kappa shape index (κ2) is 12.4. The average Bonchev–Trinajstić information content (AvgIpc) is 3.72. The Labute approximate surface area is 233 Å². The van der Waals surface area contributed by atoms with Crippen LogP contribution in [-0.2, 0) is 24.3 Å². The van der Waals surface area contributed by atoms with Gasteiger partial charge >= 0.3 is 0 Å². The number of rotatable bonds is 12. The molecule has 9 nitrogen and oxygen atoms in total. The van der Waals surface area contributed by atoms with Crippen LogP contribution in [0.4, 0.5) is 0 Å². The molecular weight excluding hydrogens is 540 g/mol. The fraction of sp³-hybridized carbons (Fsp3) is 0.536. The molecule has 1 aliphatic heterocycles. The summed E-state index contributed by atoms with van der Waals surface area (Å²) in [5.41, 5.74) is 0. The molecule has 5 rings (SSSR count). The maximum atomic E-state index is 13.2. The smallest absolute Gasteiger partial charge is 0.286 e. The number of carbonyl (C=O) groups excluding carboxylic acids is 1. The molecule has 2 saturated carbocycles. The van der Waals surface area contributed by atoms with Crippen LogP contribution in [0.3, 0.4) is 0 Å². The third-order valence-corrected chi connectivity index (χ3v) is 10.9. The van der Waals surface area contributed by atoms with Crippen LogP contribution in [0.2, 0.25) is 0 Å². The van der Waals surface area contributed by atoms with Gasteiger partial charge in [0, 0.05) is 36.3 Å². The highest BCUT2D eigenvalue weighted by Crippen LogP contribution is 2.44. The van der Waals surface area contributed by atoms with Gasteiger partial charge in [0.1, 0.15) is 5.75 Å². The van der Waals surface area contributed by atoms with Crippen molar-refractivity contribution < 1.29 is 32.5 Å².